The third-order valence-electron chi connectivity index (χ3n) is 3.35. The van der Waals surface area contributed by atoms with Crippen molar-refractivity contribution in [1.29, 1.82) is 0 Å². The van der Waals surface area contributed by atoms with Crippen LogP contribution in [0.25, 0.3) is 6.08 Å². The quantitative estimate of drug-likeness (QED) is 0.265. The first-order valence-corrected chi connectivity index (χ1v) is 7.06. The van der Waals surface area contributed by atoms with Crippen LogP contribution < -0.4 is 0 Å². The molecule has 24 heavy (non-hydrogen) atoms. The predicted molar refractivity (Wildman–Crippen MR) is 85.6 cm³/mol. The minimum atomic E-state index is -0.744. The number of carbonyl (C=O) groups excluding carboxylic acids is 2. The third-order valence-corrected chi connectivity index (χ3v) is 3.35. The van der Waals surface area contributed by atoms with Gasteiger partial charge in [0.05, 0.1) is 6.07 Å². The summed E-state index contributed by atoms with van der Waals surface area (Å²) in [5.74, 6) is -1.34. The molecule has 0 aliphatic rings. The van der Waals surface area contributed by atoms with Crippen LogP contribution in [0, 0.1) is 24.0 Å². The highest BCUT2D eigenvalue weighted by Crippen LogP contribution is 2.16. The summed E-state index contributed by atoms with van der Waals surface area (Å²) in [5, 5.41) is 10.5. The fourth-order valence-electron chi connectivity index (χ4n) is 1.86. The van der Waals surface area contributed by atoms with E-state index in [4.69, 9.17) is 9.15 Å². The number of benzene rings is 1. The van der Waals surface area contributed by atoms with Gasteiger partial charge in [0.15, 0.2) is 12.4 Å². The highest BCUT2D eigenvalue weighted by Gasteiger charge is 2.11. The molecule has 0 bridgehead atoms. The molecule has 0 fully saturated rings. The molecule has 0 spiro atoms. The van der Waals surface area contributed by atoms with Crippen LogP contribution in [-0.2, 0) is 9.53 Å². The molecule has 1 aromatic heterocycles. The number of rotatable bonds is 6. The molecule has 2 aromatic rings. The monoisotopic (exact) mass is 329 g/mol. The van der Waals surface area contributed by atoms with Gasteiger partial charge in [-0.05, 0) is 43.2 Å². The van der Waals surface area contributed by atoms with Gasteiger partial charge in [0.1, 0.15) is 10.7 Å². The summed E-state index contributed by atoms with van der Waals surface area (Å²) < 4.78 is 9.71. The number of ketones is 1. The van der Waals surface area contributed by atoms with Crippen molar-refractivity contribution in [3.8, 4) is 0 Å². The first kappa shape index (κ1) is 17.1. The Labute approximate surface area is 137 Å². The lowest BCUT2D eigenvalue weighted by molar-refractivity contribution is -0.402. The molecule has 0 aliphatic heterocycles. The Morgan fingerprint density at radius 3 is 2.58 bits per heavy atom. The summed E-state index contributed by atoms with van der Waals surface area (Å²) in [4.78, 5) is 33.3. The second-order valence-corrected chi connectivity index (χ2v) is 5.10. The molecule has 0 radical (unpaired) electrons. The summed E-state index contributed by atoms with van der Waals surface area (Å²) in [6.07, 6.45) is 2.27. The maximum Gasteiger partial charge on any atom is 0.433 e. The van der Waals surface area contributed by atoms with Gasteiger partial charge in [-0.2, -0.15) is 0 Å². The third kappa shape index (κ3) is 4.39. The predicted octanol–water partition coefficient (Wildman–Crippen LogP) is 3.24. The van der Waals surface area contributed by atoms with E-state index in [1.807, 2.05) is 19.9 Å². The summed E-state index contributed by atoms with van der Waals surface area (Å²) in [6, 6.07) is 7.77. The molecular weight excluding hydrogens is 314 g/mol. The Morgan fingerprint density at radius 1 is 1.21 bits per heavy atom. The van der Waals surface area contributed by atoms with Crippen LogP contribution in [-0.4, -0.2) is 23.3 Å². The number of furan rings is 1. The number of esters is 1. The van der Waals surface area contributed by atoms with Gasteiger partial charge in [-0.15, -0.1) is 0 Å². The Kier molecular flexibility index (Phi) is 5.26. The molecule has 1 heterocycles. The lowest BCUT2D eigenvalue weighted by Gasteiger charge is -2.04. The van der Waals surface area contributed by atoms with Crippen LogP contribution in [0.15, 0.2) is 40.8 Å². The van der Waals surface area contributed by atoms with E-state index in [0.29, 0.717) is 5.56 Å². The normalized spacial score (nSPS) is 10.8. The molecule has 2 rings (SSSR count). The van der Waals surface area contributed by atoms with Gasteiger partial charge in [0.25, 0.3) is 0 Å². The first-order chi connectivity index (χ1) is 11.4. The van der Waals surface area contributed by atoms with Crippen LogP contribution in [0.3, 0.4) is 0 Å². The average molecular weight is 329 g/mol. The number of hydrogen-bond acceptors (Lipinski definition) is 6. The van der Waals surface area contributed by atoms with E-state index >= 15 is 0 Å². The summed E-state index contributed by atoms with van der Waals surface area (Å²) in [5.41, 5.74) is 2.52. The molecule has 124 valence electrons. The highest BCUT2D eigenvalue weighted by atomic mass is 16.6. The summed E-state index contributed by atoms with van der Waals surface area (Å²) in [6.45, 7) is 3.45. The largest absolute Gasteiger partial charge is 0.454 e. The van der Waals surface area contributed by atoms with E-state index < -0.39 is 16.8 Å². The van der Waals surface area contributed by atoms with E-state index in [0.717, 1.165) is 17.2 Å². The fraction of sp³-hybridized carbons (Fsp3) is 0.176. The van der Waals surface area contributed by atoms with Crippen molar-refractivity contribution in [3.63, 3.8) is 0 Å². The highest BCUT2D eigenvalue weighted by molar-refractivity contribution is 5.99. The number of hydrogen-bond donors (Lipinski definition) is 0. The standard InChI is InChI=1S/C17H15NO6/c1-11-3-4-13(9-12(11)2)15(19)10-23-17(20)8-6-14-5-7-16(24-14)18(21)22/h3-9H,10H2,1-2H3/b8-6-. The van der Waals surface area contributed by atoms with Crippen molar-refractivity contribution in [2.45, 2.75) is 13.8 Å². The van der Waals surface area contributed by atoms with Crippen LogP contribution in [0.4, 0.5) is 5.88 Å². The minimum absolute atomic E-state index is 0.138. The maximum atomic E-state index is 12.0. The zero-order valence-electron chi connectivity index (χ0n) is 13.1. The number of nitrogens with zero attached hydrogens (tertiary/aromatic N) is 1. The number of nitro groups is 1. The SMILES string of the molecule is Cc1ccc(C(=O)COC(=O)/C=C\c2ccc([N+](=O)[O-])o2)cc1C. The van der Waals surface area contributed by atoms with Crippen molar-refractivity contribution in [3.05, 3.63) is 69.0 Å². The molecule has 7 nitrogen and oxygen atoms in total. The van der Waals surface area contributed by atoms with Crippen molar-refractivity contribution >= 4 is 23.7 Å². The molecular formula is C17H15NO6. The van der Waals surface area contributed by atoms with Crippen LogP contribution in [0.2, 0.25) is 0 Å². The Hall–Kier alpha value is -3.22. The maximum absolute atomic E-state index is 12.0. The molecule has 0 saturated heterocycles. The van der Waals surface area contributed by atoms with E-state index in [-0.39, 0.29) is 18.2 Å². The van der Waals surface area contributed by atoms with Crippen molar-refractivity contribution < 1.29 is 23.7 Å². The molecule has 0 amide bonds. The molecule has 0 unspecified atom stereocenters. The lowest BCUT2D eigenvalue weighted by atomic mass is 10.0. The number of ether oxygens (including phenoxy) is 1. The Bertz CT molecular complexity index is 818. The fourth-order valence-corrected chi connectivity index (χ4v) is 1.86. The van der Waals surface area contributed by atoms with Gasteiger partial charge in [0, 0.05) is 11.6 Å². The van der Waals surface area contributed by atoms with Gasteiger partial charge in [-0.25, -0.2) is 4.79 Å². The van der Waals surface area contributed by atoms with E-state index in [2.05, 4.69) is 0 Å². The van der Waals surface area contributed by atoms with E-state index in [1.54, 1.807) is 12.1 Å². The van der Waals surface area contributed by atoms with Crippen molar-refractivity contribution in [2.75, 3.05) is 6.61 Å². The number of aryl methyl sites for hydroxylation is 2. The summed E-state index contributed by atoms with van der Waals surface area (Å²) in [7, 11) is 0. The van der Waals surface area contributed by atoms with Crippen molar-refractivity contribution in [1.82, 2.24) is 0 Å². The van der Waals surface area contributed by atoms with Gasteiger partial charge in [0.2, 0.25) is 0 Å². The second-order valence-electron chi connectivity index (χ2n) is 5.10. The number of Topliss-reactive ketones (excluding diaryl/α,β-unsaturated/α-hetero) is 1. The zero-order valence-corrected chi connectivity index (χ0v) is 13.1. The molecule has 0 aliphatic carbocycles. The lowest BCUT2D eigenvalue weighted by Crippen LogP contribution is -2.12. The summed E-state index contributed by atoms with van der Waals surface area (Å²) >= 11 is 0. The molecule has 0 atom stereocenters. The topological polar surface area (TPSA) is 99.7 Å². The average Bonchev–Trinajstić information content (AvgIpc) is 3.02. The van der Waals surface area contributed by atoms with Crippen molar-refractivity contribution in [2.24, 2.45) is 0 Å². The van der Waals surface area contributed by atoms with Crippen LogP contribution in [0.5, 0.6) is 0 Å². The second kappa shape index (κ2) is 7.36. The van der Waals surface area contributed by atoms with E-state index in [1.165, 1.54) is 18.2 Å². The Morgan fingerprint density at radius 2 is 1.96 bits per heavy atom. The minimum Gasteiger partial charge on any atom is -0.454 e. The molecule has 7 heteroatoms. The van der Waals surface area contributed by atoms with Crippen LogP contribution in [0.1, 0.15) is 27.2 Å². The Balaban J connectivity index is 1.89. The van der Waals surface area contributed by atoms with Crippen LogP contribution >= 0.6 is 0 Å². The first-order valence-electron chi connectivity index (χ1n) is 7.06. The van der Waals surface area contributed by atoms with Gasteiger partial charge in [-0.1, -0.05) is 12.1 Å². The molecule has 0 saturated carbocycles. The molecule has 0 N–H and O–H groups in total. The van der Waals surface area contributed by atoms with E-state index in [9.17, 15) is 19.7 Å². The molecule has 1 aromatic carbocycles. The van der Waals surface area contributed by atoms with Gasteiger partial charge >= 0.3 is 11.9 Å². The number of carbonyl (C=O) groups is 2. The van der Waals surface area contributed by atoms with Gasteiger partial charge < -0.3 is 9.15 Å². The zero-order chi connectivity index (χ0) is 17.7. The van der Waals surface area contributed by atoms with Gasteiger partial charge in [-0.3, -0.25) is 14.9 Å². The smallest absolute Gasteiger partial charge is 0.433 e.